The summed E-state index contributed by atoms with van der Waals surface area (Å²) in [5, 5.41) is 0. The van der Waals surface area contributed by atoms with Gasteiger partial charge >= 0.3 is 0 Å². The lowest BCUT2D eigenvalue weighted by molar-refractivity contribution is 0.0440. The zero-order valence-corrected chi connectivity index (χ0v) is 6.64. The third-order valence-corrected chi connectivity index (χ3v) is 1.82. The zero-order valence-electron chi connectivity index (χ0n) is 6.64. The van der Waals surface area contributed by atoms with Crippen LogP contribution in [0.4, 0.5) is 0 Å². The molecule has 1 saturated heterocycles. The highest BCUT2D eigenvalue weighted by Crippen LogP contribution is 2.11. The number of hydrogen-bond acceptors (Lipinski definition) is 2. The molecule has 60 valence electrons. The van der Waals surface area contributed by atoms with E-state index in [4.69, 9.17) is 9.47 Å². The van der Waals surface area contributed by atoms with Crippen molar-refractivity contribution in [2.75, 3.05) is 13.4 Å². The molecule has 1 heterocycles. The summed E-state index contributed by atoms with van der Waals surface area (Å²) < 4.78 is 10.3. The van der Waals surface area contributed by atoms with Gasteiger partial charge in [-0.2, -0.15) is 0 Å². The molecule has 1 atom stereocenters. The summed E-state index contributed by atoms with van der Waals surface area (Å²) in [5.41, 5.74) is 0. The molecule has 0 radical (unpaired) electrons. The second kappa shape index (κ2) is 4.69. The van der Waals surface area contributed by atoms with Crippen LogP contribution < -0.4 is 0 Å². The first-order valence-corrected chi connectivity index (χ1v) is 4.13. The van der Waals surface area contributed by atoms with E-state index in [0.29, 0.717) is 12.9 Å². The van der Waals surface area contributed by atoms with Gasteiger partial charge in [0.1, 0.15) is 6.79 Å². The molecular weight excluding hydrogens is 128 g/mol. The Morgan fingerprint density at radius 1 is 1.40 bits per heavy atom. The lowest BCUT2D eigenvalue weighted by Gasteiger charge is -2.04. The Hall–Kier alpha value is -0.0800. The van der Waals surface area contributed by atoms with Crippen molar-refractivity contribution in [3.05, 3.63) is 0 Å². The predicted molar refractivity (Wildman–Crippen MR) is 39.8 cm³/mol. The minimum absolute atomic E-state index is 0.395. The molecule has 0 aromatic heterocycles. The Balaban J connectivity index is 1.91. The van der Waals surface area contributed by atoms with Gasteiger partial charge in [-0.05, 0) is 6.42 Å². The maximum absolute atomic E-state index is 5.28. The van der Waals surface area contributed by atoms with Crippen LogP contribution in [0, 0.1) is 0 Å². The summed E-state index contributed by atoms with van der Waals surface area (Å²) in [4.78, 5) is 0. The largest absolute Gasteiger partial charge is 0.353 e. The van der Waals surface area contributed by atoms with Gasteiger partial charge in [-0.1, -0.05) is 26.2 Å². The lowest BCUT2D eigenvalue weighted by atomic mass is 10.1. The first-order valence-electron chi connectivity index (χ1n) is 4.13. The number of unbranched alkanes of at least 4 members (excludes halogenated alkanes) is 2. The summed E-state index contributed by atoms with van der Waals surface area (Å²) >= 11 is 0. The zero-order chi connectivity index (χ0) is 7.23. The molecule has 0 amide bonds. The third-order valence-electron chi connectivity index (χ3n) is 1.82. The van der Waals surface area contributed by atoms with Crippen LogP contribution >= 0.6 is 0 Å². The van der Waals surface area contributed by atoms with E-state index in [-0.39, 0.29) is 0 Å². The van der Waals surface area contributed by atoms with Crippen molar-refractivity contribution in [3.8, 4) is 0 Å². The summed E-state index contributed by atoms with van der Waals surface area (Å²) in [6.45, 7) is 3.53. The first kappa shape index (κ1) is 8.02. The van der Waals surface area contributed by atoms with E-state index in [9.17, 15) is 0 Å². The Morgan fingerprint density at radius 2 is 2.30 bits per heavy atom. The molecule has 0 spiro atoms. The van der Waals surface area contributed by atoms with Crippen LogP contribution in [0.5, 0.6) is 0 Å². The Kier molecular flexibility index (Phi) is 3.76. The van der Waals surface area contributed by atoms with Crippen LogP contribution in [-0.2, 0) is 9.47 Å². The summed E-state index contributed by atoms with van der Waals surface area (Å²) in [5.74, 6) is 0. The SMILES string of the molecule is CCCCCC1COCO1. The fourth-order valence-electron chi connectivity index (χ4n) is 1.16. The third kappa shape index (κ3) is 2.67. The van der Waals surface area contributed by atoms with E-state index in [0.717, 1.165) is 6.61 Å². The predicted octanol–water partition coefficient (Wildman–Crippen LogP) is 1.94. The standard InChI is InChI=1S/C8H16O2/c1-2-3-4-5-8-6-9-7-10-8/h8H,2-7H2,1H3. The normalized spacial score (nSPS) is 25.5. The number of ether oxygens (including phenoxy) is 2. The molecular formula is C8H16O2. The van der Waals surface area contributed by atoms with Gasteiger partial charge in [0, 0.05) is 0 Å². The van der Waals surface area contributed by atoms with Gasteiger partial charge in [0.15, 0.2) is 0 Å². The average Bonchev–Trinajstić information content (AvgIpc) is 2.41. The minimum Gasteiger partial charge on any atom is -0.353 e. The van der Waals surface area contributed by atoms with Gasteiger partial charge in [0.05, 0.1) is 12.7 Å². The van der Waals surface area contributed by atoms with E-state index in [1.807, 2.05) is 0 Å². The average molecular weight is 144 g/mol. The van der Waals surface area contributed by atoms with Gasteiger partial charge < -0.3 is 9.47 Å². The van der Waals surface area contributed by atoms with Gasteiger partial charge in [0.25, 0.3) is 0 Å². The highest BCUT2D eigenvalue weighted by atomic mass is 16.7. The topological polar surface area (TPSA) is 18.5 Å². The van der Waals surface area contributed by atoms with E-state index in [2.05, 4.69) is 6.92 Å². The Labute approximate surface area is 62.5 Å². The van der Waals surface area contributed by atoms with E-state index >= 15 is 0 Å². The quantitative estimate of drug-likeness (QED) is 0.561. The smallest absolute Gasteiger partial charge is 0.147 e. The first-order chi connectivity index (χ1) is 4.93. The molecule has 0 N–H and O–H groups in total. The lowest BCUT2D eigenvalue weighted by Crippen LogP contribution is -2.08. The van der Waals surface area contributed by atoms with Crippen molar-refractivity contribution in [1.82, 2.24) is 0 Å². The van der Waals surface area contributed by atoms with Crippen molar-refractivity contribution in [1.29, 1.82) is 0 Å². The number of rotatable bonds is 4. The molecule has 1 aliphatic heterocycles. The molecule has 1 fully saturated rings. The fourth-order valence-corrected chi connectivity index (χ4v) is 1.16. The highest BCUT2D eigenvalue weighted by molar-refractivity contribution is 4.59. The van der Waals surface area contributed by atoms with Gasteiger partial charge in [-0.3, -0.25) is 0 Å². The molecule has 0 bridgehead atoms. The molecule has 1 aliphatic rings. The molecule has 0 aromatic rings. The van der Waals surface area contributed by atoms with Gasteiger partial charge in [-0.15, -0.1) is 0 Å². The van der Waals surface area contributed by atoms with E-state index in [1.54, 1.807) is 0 Å². The van der Waals surface area contributed by atoms with Crippen LogP contribution in [0.2, 0.25) is 0 Å². The van der Waals surface area contributed by atoms with Crippen LogP contribution in [0.25, 0.3) is 0 Å². The van der Waals surface area contributed by atoms with Crippen molar-refractivity contribution in [3.63, 3.8) is 0 Å². The molecule has 10 heavy (non-hydrogen) atoms. The van der Waals surface area contributed by atoms with Crippen LogP contribution in [-0.4, -0.2) is 19.5 Å². The second-order valence-electron chi connectivity index (χ2n) is 2.77. The Bertz CT molecular complexity index is 77.3. The maximum Gasteiger partial charge on any atom is 0.147 e. The molecule has 0 aliphatic carbocycles. The fraction of sp³-hybridized carbons (Fsp3) is 1.00. The van der Waals surface area contributed by atoms with Crippen molar-refractivity contribution in [2.45, 2.75) is 38.7 Å². The molecule has 0 saturated carbocycles. The maximum atomic E-state index is 5.28. The van der Waals surface area contributed by atoms with E-state index in [1.165, 1.54) is 25.7 Å². The van der Waals surface area contributed by atoms with Crippen molar-refractivity contribution < 1.29 is 9.47 Å². The molecule has 0 aromatic carbocycles. The van der Waals surface area contributed by atoms with Gasteiger partial charge in [0.2, 0.25) is 0 Å². The van der Waals surface area contributed by atoms with Gasteiger partial charge in [-0.25, -0.2) is 0 Å². The van der Waals surface area contributed by atoms with E-state index < -0.39 is 0 Å². The minimum atomic E-state index is 0.395. The summed E-state index contributed by atoms with van der Waals surface area (Å²) in [7, 11) is 0. The molecule has 1 rings (SSSR count). The number of hydrogen-bond donors (Lipinski definition) is 0. The van der Waals surface area contributed by atoms with Crippen LogP contribution in [0.15, 0.2) is 0 Å². The highest BCUT2D eigenvalue weighted by Gasteiger charge is 2.14. The summed E-state index contributed by atoms with van der Waals surface area (Å²) in [6, 6.07) is 0. The van der Waals surface area contributed by atoms with Crippen molar-refractivity contribution >= 4 is 0 Å². The molecule has 2 nitrogen and oxygen atoms in total. The molecule has 1 unspecified atom stereocenters. The summed E-state index contributed by atoms with van der Waals surface area (Å²) in [6.07, 6.45) is 5.46. The Morgan fingerprint density at radius 3 is 2.90 bits per heavy atom. The molecule has 2 heteroatoms. The van der Waals surface area contributed by atoms with Crippen LogP contribution in [0.1, 0.15) is 32.6 Å². The van der Waals surface area contributed by atoms with Crippen LogP contribution in [0.3, 0.4) is 0 Å². The van der Waals surface area contributed by atoms with Crippen molar-refractivity contribution in [2.24, 2.45) is 0 Å². The second-order valence-corrected chi connectivity index (χ2v) is 2.77. The monoisotopic (exact) mass is 144 g/mol.